The van der Waals surface area contributed by atoms with Gasteiger partial charge in [-0.1, -0.05) is 6.07 Å². The molecular weight excluding hydrogens is 330 g/mol. The molecule has 2 N–H and O–H groups in total. The van der Waals surface area contributed by atoms with Crippen molar-refractivity contribution < 1.29 is 28.9 Å². The molecule has 0 aliphatic carbocycles. The zero-order chi connectivity index (χ0) is 17.6. The highest BCUT2D eigenvalue weighted by Gasteiger charge is 2.45. The minimum atomic E-state index is -1.39. The van der Waals surface area contributed by atoms with Gasteiger partial charge in [0, 0.05) is 6.42 Å². The first kappa shape index (κ1) is 15.3. The van der Waals surface area contributed by atoms with Gasteiger partial charge in [0.1, 0.15) is 17.5 Å². The number of carboxylic acid groups (broad SMARTS) is 1. The maximum absolute atomic E-state index is 12.3. The number of hydrogen-bond donors (Lipinski definition) is 2. The molecule has 2 unspecified atom stereocenters. The molecule has 2 aromatic rings. The Balaban J connectivity index is 1.57. The summed E-state index contributed by atoms with van der Waals surface area (Å²) in [5, 5.41) is 20.0. The minimum Gasteiger partial charge on any atom is -0.545 e. The van der Waals surface area contributed by atoms with Gasteiger partial charge in [0.2, 0.25) is 6.79 Å². The van der Waals surface area contributed by atoms with Crippen LogP contribution in [0.2, 0.25) is 0 Å². The van der Waals surface area contributed by atoms with Gasteiger partial charge in [0.05, 0.1) is 17.7 Å². The molecule has 0 saturated carbocycles. The van der Waals surface area contributed by atoms with Gasteiger partial charge in [-0.3, -0.25) is 5.10 Å². The molecule has 1 aromatic heterocycles. The van der Waals surface area contributed by atoms with Crippen molar-refractivity contribution in [3.63, 3.8) is 0 Å². The van der Waals surface area contributed by atoms with Crippen LogP contribution in [-0.4, -0.2) is 35.0 Å². The number of carbonyl (C=O) groups excluding carboxylic acids is 2. The number of aromatic nitrogens is 2. The highest BCUT2D eigenvalue weighted by molar-refractivity contribution is 5.92. The van der Waals surface area contributed by atoms with E-state index in [4.69, 9.17) is 14.2 Å². The number of carboxylic acids is 1. The summed E-state index contributed by atoms with van der Waals surface area (Å²) in [5.41, 5.74) is -0.263. The summed E-state index contributed by atoms with van der Waals surface area (Å²) in [6, 6.07) is 4.63. The molecule has 9 heteroatoms. The quantitative estimate of drug-likeness (QED) is 0.751. The molecule has 1 saturated heterocycles. The number of cyclic esters (lactones) is 1. The van der Waals surface area contributed by atoms with Gasteiger partial charge in [-0.15, -0.1) is 0 Å². The predicted molar refractivity (Wildman–Crippen MR) is 81.0 cm³/mol. The third kappa shape index (κ3) is 2.53. The molecule has 3 heterocycles. The van der Waals surface area contributed by atoms with Crippen LogP contribution in [0.5, 0.6) is 11.5 Å². The number of fused-ring (bicyclic) bond motifs is 1. The van der Waals surface area contributed by atoms with Crippen LogP contribution in [0.4, 0.5) is 5.82 Å². The minimum absolute atomic E-state index is 0.108. The number of nitrogens with zero attached hydrogens (tertiary/aromatic N) is 1. The summed E-state index contributed by atoms with van der Waals surface area (Å²) in [5.74, 6) is -0.529. The second-order valence-corrected chi connectivity index (χ2v) is 6.07. The van der Waals surface area contributed by atoms with Gasteiger partial charge in [-0.2, -0.15) is 5.10 Å². The Labute approximate surface area is 141 Å². The van der Waals surface area contributed by atoms with Crippen LogP contribution in [0.3, 0.4) is 0 Å². The molecule has 0 bridgehead atoms. The topological polar surface area (TPSA) is 126 Å². The highest BCUT2D eigenvalue weighted by atomic mass is 16.7. The number of esters is 1. The van der Waals surface area contributed by atoms with Crippen LogP contribution in [0.1, 0.15) is 29.3 Å². The van der Waals surface area contributed by atoms with Crippen LogP contribution >= 0.6 is 0 Å². The van der Waals surface area contributed by atoms with Crippen molar-refractivity contribution >= 4 is 17.8 Å². The monoisotopic (exact) mass is 344 g/mol. The summed E-state index contributed by atoms with van der Waals surface area (Å²) >= 11 is 0. The number of H-pyrrole nitrogens is 1. The third-order valence-corrected chi connectivity index (χ3v) is 4.37. The Morgan fingerprint density at radius 1 is 1.40 bits per heavy atom. The van der Waals surface area contributed by atoms with E-state index in [1.165, 1.54) is 0 Å². The van der Waals surface area contributed by atoms with Crippen LogP contribution in [0.25, 0.3) is 0 Å². The van der Waals surface area contributed by atoms with E-state index in [1.807, 2.05) is 6.07 Å². The second-order valence-electron chi connectivity index (χ2n) is 6.07. The Morgan fingerprint density at radius 3 is 3.00 bits per heavy atom. The lowest BCUT2D eigenvalue weighted by molar-refractivity contribution is -0.254. The van der Waals surface area contributed by atoms with Crippen molar-refractivity contribution in [2.75, 3.05) is 12.1 Å². The van der Waals surface area contributed by atoms with Crippen LogP contribution in [0, 0.1) is 0 Å². The first-order valence-corrected chi connectivity index (χ1v) is 7.60. The lowest BCUT2D eigenvalue weighted by atomic mass is 9.91. The Morgan fingerprint density at radius 2 is 2.20 bits per heavy atom. The number of nitrogens with one attached hydrogen (secondary N) is 2. The molecule has 0 radical (unpaired) electrons. The molecule has 0 amide bonds. The summed E-state index contributed by atoms with van der Waals surface area (Å²) in [4.78, 5) is 23.3. The second kappa shape index (κ2) is 5.40. The Kier molecular flexibility index (Phi) is 3.31. The van der Waals surface area contributed by atoms with E-state index in [-0.39, 0.29) is 18.2 Å². The van der Waals surface area contributed by atoms with E-state index in [1.54, 1.807) is 19.1 Å². The number of aromatic carboxylic acids is 1. The SMILES string of the molecule is CC1(c2ccc3c(c2)OCO3)CC(Nc2[nH]ncc2C(=O)[O-])C(=O)O1. The van der Waals surface area contributed by atoms with Crippen molar-refractivity contribution in [3.8, 4) is 11.5 Å². The molecule has 1 fully saturated rings. The van der Waals surface area contributed by atoms with E-state index in [2.05, 4.69) is 15.5 Å². The number of rotatable bonds is 4. The van der Waals surface area contributed by atoms with E-state index < -0.39 is 23.6 Å². The molecule has 25 heavy (non-hydrogen) atoms. The van der Waals surface area contributed by atoms with Crippen molar-refractivity contribution in [2.24, 2.45) is 0 Å². The zero-order valence-electron chi connectivity index (χ0n) is 13.2. The summed E-state index contributed by atoms with van der Waals surface area (Å²) < 4.78 is 16.2. The van der Waals surface area contributed by atoms with Gasteiger partial charge in [0.15, 0.2) is 11.5 Å². The van der Waals surface area contributed by atoms with Crippen molar-refractivity contribution in [2.45, 2.75) is 25.0 Å². The summed E-state index contributed by atoms with van der Waals surface area (Å²) in [6.45, 7) is 1.95. The van der Waals surface area contributed by atoms with Gasteiger partial charge in [0.25, 0.3) is 0 Å². The lowest BCUT2D eigenvalue weighted by Crippen LogP contribution is -2.28. The first-order valence-electron chi connectivity index (χ1n) is 7.60. The lowest BCUT2D eigenvalue weighted by Gasteiger charge is -2.23. The van der Waals surface area contributed by atoms with Gasteiger partial charge in [-0.25, -0.2) is 4.79 Å². The number of benzene rings is 1. The van der Waals surface area contributed by atoms with E-state index in [9.17, 15) is 14.7 Å². The number of hydrogen-bond acceptors (Lipinski definition) is 8. The van der Waals surface area contributed by atoms with E-state index >= 15 is 0 Å². The third-order valence-electron chi connectivity index (χ3n) is 4.37. The van der Waals surface area contributed by atoms with Crippen LogP contribution in [-0.2, 0) is 15.1 Å². The standard InChI is InChI=1S/C16H15N3O6/c1-16(8-2-3-11-12(4-8)24-7-23-11)5-10(15(22)25-16)18-13-9(14(20)21)6-17-19-13/h2-4,6,10H,5,7H2,1H3,(H,20,21)(H2,17,18,19)/p-1. The molecule has 9 nitrogen and oxygen atoms in total. The summed E-state index contributed by atoms with van der Waals surface area (Å²) in [6.07, 6.45) is 1.42. The Bertz CT molecular complexity index is 863. The van der Waals surface area contributed by atoms with Crippen molar-refractivity contribution in [3.05, 3.63) is 35.5 Å². The molecule has 1 aromatic carbocycles. The number of carbonyl (C=O) groups is 2. The molecule has 2 aliphatic rings. The number of anilines is 1. The first-order chi connectivity index (χ1) is 12.0. The molecule has 2 aliphatic heterocycles. The average Bonchev–Trinajstić information content (AvgIpc) is 3.27. The maximum atomic E-state index is 12.3. The fourth-order valence-corrected chi connectivity index (χ4v) is 3.05. The maximum Gasteiger partial charge on any atom is 0.329 e. The van der Waals surface area contributed by atoms with E-state index in [0.717, 1.165) is 11.8 Å². The smallest absolute Gasteiger partial charge is 0.329 e. The molecule has 4 rings (SSSR count). The molecule has 2 atom stereocenters. The van der Waals surface area contributed by atoms with Gasteiger partial charge < -0.3 is 29.4 Å². The van der Waals surface area contributed by atoms with E-state index in [0.29, 0.717) is 17.9 Å². The predicted octanol–water partition coefficient (Wildman–Crippen LogP) is 0.145. The number of aromatic amines is 1. The average molecular weight is 344 g/mol. The normalized spacial score (nSPS) is 24.2. The molecule has 130 valence electrons. The van der Waals surface area contributed by atoms with Crippen LogP contribution in [0.15, 0.2) is 24.4 Å². The molecular formula is C16H14N3O6-. The van der Waals surface area contributed by atoms with Gasteiger partial charge >= 0.3 is 5.97 Å². The Hall–Kier alpha value is -3.23. The number of ether oxygens (including phenoxy) is 3. The molecule has 0 spiro atoms. The fraction of sp³-hybridized carbons (Fsp3) is 0.312. The highest BCUT2D eigenvalue weighted by Crippen LogP contribution is 2.42. The largest absolute Gasteiger partial charge is 0.545 e. The summed E-state index contributed by atoms with van der Waals surface area (Å²) in [7, 11) is 0. The van der Waals surface area contributed by atoms with Crippen molar-refractivity contribution in [1.29, 1.82) is 0 Å². The fourth-order valence-electron chi connectivity index (χ4n) is 3.05. The van der Waals surface area contributed by atoms with Crippen LogP contribution < -0.4 is 19.9 Å². The van der Waals surface area contributed by atoms with Gasteiger partial charge in [-0.05, 0) is 24.6 Å². The van der Waals surface area contributed by atoms with Crippen molar-refractivity contribution in [1.82, 2.24) is 10.2 Å². The zero-order valence-corrected chi connectivity index (χ0v) is 13.2.